The lowest BCUT2D eigenvalue weighted by Gasteiger charge is -2.16. The van der Waals surface area contributed by atoms with Crippen molar-refractivity contribution in [2.24, 2.45) is 5.92 Å². The molecule has 0 heterocycles. The zero-order valence-corrected chi connectivity index (χ0v) is 11.6. The summed E-state index contributed by atoms with van der Waals surface area (Å²) in [6, 6.07) is 0. The van der Waals surface area contributed by atoms with Gasteiger partial charge in [0.05, 0.1) is 13.2 Å². The number of phosphoric ester groups is 1. The molecule has 0 saturated heterocycles. The molecule has 1 atom stereocenters. The molecule has 0 saturated carbocycles. The van der Waals surface area contributed by atoms with Crippen LogP contribution >= 0.6 is 31.0 Å². The monoisotopic (exact) mass is 288 g/mol. The molecule has 0 rings (SSSR count). The average molecular weight is 289 g/mol. The van der Waals surface area contributed by atoms with Crippen LogP contribution in [0.4, 0.5) is 0 Å². The van der Waals surface area contributed by atoms with Crippen LogP contribution in [0.1, 0.15) is 13.8 Å². The van der Waals surface area contributed by atoms with Crippen molar-refractivity contribution < 1.29 is 18.1 Å². The molecule has 0 N–H and O–H groups in total. The standard InChI is InChI=1S/C9H15Cl2O4P/c1-4-5-13-16(12,14-6-8(2)3)15-7-9(10)11/h4,7-8H,1,5-6H2,2-3H3. The van der Waals surface area contributed by atoms with Crippen LogP contribution in [0.2, 0.25) is 0 Å². The minimum Gasteiger partial charge on any atom is -0.409 e. The van der Waals surface area contributed by atoms with E-state index in [2.05, 4.69) is 6.58 Å². The molecule has 16 heavy (non-hydrogen) atoms. The molecule has 0 radical (unpaired) electrons. The fraction of sp³-hybridized carbons (Fsp3) is 0.556. The molecular weight excluding hydrogens is 274 g/mol. The molecule has 94 valence electrons. The Balaban J connectivity index is 4.41. The van der Waals surface area contributed by atoms with Gasteiger partial charge in [0.1, 0.15) is 10.8 Å². The van der Waals surface area contributed by atoms with Crippen LogP contribution in [0.15, 0.2) is 23.4 Å². The first-order valence-corrected chi connectivity index (χ1v) is 6.81. The second-order valence-corrected chi connectivity index (χ2v) is 5.86. The van der Waals surface area contributed by atoms with E-state index in [-0.39, 0.29) is 23.6 Å². The summed E-state index contributed by atoms with van der Waals surface area (Å²) < 4.78 is 26.5. The van der Waals surface area contributed by atoms with E-state index in [4.69, 9.17) is 36.8 Å². The summed E-state index contributed by atoms with van der Waals surface area (Å²) in [7, 11) is -3.66. The molecule has 0 aromatic heterocycles. The Morgan fingerprint density at radius 1 is 1.44 bits per heavy atom. The minimum atomic E-state index is -3.66. The molecule has 0 aliphatic rings. The topological polar surface area (TPSA) is 44.8 Å². The highest BCUT2D eigenvalue weighted by atomic mass is 35.5. The van der Waals surface area contributed by atoms with Gasteiger partial charge in [-0.2, -0.15) is 0 Å². The maximum Gasteiger partial charge on any atom is 0.529 e. The summed E-state index contributed by atoms with van der Waals surface area (Å²) >= 11 is 10.7. The van der Waals surface area contributed by atoms with E-state index in [1.165, 1.54) is 6.08 Å². The van der Waals surface area contributed by atoms with Crippen LogP contribution in [-0.2, 0) is 18.1 Å². The summed E-state index contributed by atoms with van der Waals surface area (Å²) in [5.74, 6) is 0.194. The van der Waals surface area contributed by atoms with E-state index in [9.17, 15) is 4.57 Å². The zero-order chi connectivity index (χ0) is 12.6. The number of hydrogen-bond donors (Lipinski definition) is 0. The first kappa shape index (κ1) is 16.0. The first-order chi connectivity index (χ1) is 7.39. The van der Waals surface area contributed by atoms with Crippen LogP contribution in [0, 0.1) is 5.92 Å². The van der Waals surface area contributed by atoms with Crippen molar-refractivity contribution in [3.8, 4) is 0 Å². The Bertz CT molecular complexity index is 287. The maximum absolute atomic E-state index is 11.9. The minimum absolute atomic E-state index is 0.0448. The Morgan fingerprint density at radius 3 is 2.50 bits per heavy atom. The van der Waals surface area contributed by atoms with Crippen LogP contribution < -0.4 is 0 Å². The molecular formula is C9H15Cl2O4P. The molecule has 1 unspecified atom stereocenters. The molecule has 0 aliphatic heterocycles. The van der Waals surface area contributed by atoms with Gasteiger partial charge in [-0.1, -0.05) is 43.1 Å². The summed E-state index contributed by atoms with van der Waals surface area (Å²) in [4.78, 5) is 0. The Labute approximate surface area is 106 Å². The molecule has 0 fully saturated rings. The molecule has 0 aromatic carbocycles. The lowest BCUT2D eigenvalue weighted by atomic mass is 10.2. The maximum atomic E-state index is 11.9. The summed E-state index contributed by atoms with van der Waals surface area (Å²) in [5, 5.41) is 0. The van der Waals surface area contributed by atoms with Crippen LogP contribution in [-0.4, -0.2) is 13.2 Å². The van der Waals surface area contributed by atoms with Gasteiger partial charge >= 0.3 is 7.82 Å². The van der Waals surface area contributed by atoms with Gasteiger partial charge in [0.2, 0.25) is 0 Å². The Kier molecular flexibility index (Phi) is 8.16. The van der Waals surface area contributed by atoms with Gasteiger partial charge in [0, 0.05) is 0 Å². The van der Waals surface area contributed by atoms with E-state index in [1.54, 1.807) is 0 Å². The Morgan fingerprint density at radius 2 is 2.06 bits per heavy atom. The van der Waals surface area contributed by atoms with Gasteiger partial charge in [0.15, 0.2) is 0 Å². The molecule has 7 heteroatoms. The lowest BCUT2D eigenvalue weighted by molar-refractivity contribution is 0.140. The van der Waals surface area contributed by atoms with E-state index in [1.807, 2.05) is 13.8 Å². The number of rotatable bonds is 8. The average Bonchev–Trinajstić information content (AvgIpc) is 2.21. The fourth-order valence-corrected chi connectivity index (χ4v) is 2.00. The van der Waals surface area contributed by atoms with Crippen LogP contribution in [0.5, 0.6) is 0 Å². The van der Waals surface area contributed by atoms with Crippen molar-refractivity contribution in [2.45, 2.75) is 13.8 Å². The van der Waals surface area contributed by atoms with Crippen molar-refractivity contribution in [1.29, 1.82) is 0 Å². The Hall–Kier alpha value is 0.01000. The largest absolute Gasteiger partial charge is 0.529 e. The SMILES string of the molecule is C=CCOP(=O)(OC=C(Cl)Cl)OCC(C)C. The summed E-state index contributed by atoms with van der Waals surface area (Å²) in [6.07, 6.45) is 2.34. The quantitative estimate of drug-likeness (QED) is 0.380. The summed E-state index contributed by atoms with van der Waals surface area (Å²) in [5.41, 5.74) is 0. The van der Waals surface area contributed by atoms with Gasteiger partial charge in [-0.15, -0.1) is 6.58 Å². The second-order valence-electron chi connectivity index (χ2n) is 3.23. The molecule has 4 nitrogen and oxygen atoms in total. The third kappa shape index (κ3) is 8.20. The van der Waals surface area contributed by atoms with E-state index in [0.717, 1.165) is 6.26 Å². The van der Waals surface area contributed by atoms with Gasteiger partial charge in [0.25, 0.3) is 0 Å². The van der Waals surface area contributed by atoms with E-state index in [0.29, 0.717) is 0 Å². The van der Waals surface area contributed by atoms with Gasteiger partial charge < -0.3 is 4.52 Å². The highest BCUT2D eigenvalue weighted by molar-refractivity contribution is 7.48. The smallest absolute Gasteiger partial charge is 0.409 e. The molecule has 0 spiro atoms. The zero-order valence-electron chi connectivity index (χ0n) is 9.19. The van der Waals surface area contributed by atoms with E-state index < -0.39 is 7.82 Å². The third-order valence-electron chi connectivity index (χ3n) is 1.19. The summed E-state index contributed by atoms with van der Waals surface area (Å²) in [6.45, 7) is 7.52. The van der Waals surface area contributed by atoms with Crippen molar-refractivity contribution in [3.63, 3.8) is 0 Å². The second kappa shape index (κ2) is 8.15. The number of halogens is 2. The third-order valence-corrected chi connectivity index (χ3v) is 2.66. The predicted molar refractivity (Wildman–Crippen MR) is 65.4 cm³/mol. The highest BCUT2D eigenvalue weighted by Crippen LogP contribution is 2.50. The molecule has 0 amide bonds. The number of hydrogen-bond acceptors (Lipinski definition) is 4. The number of phosphoric acid groups is 1. The van der Waals surface area contributed by atoms with Gasteiger partial charge in [-0.25, -0.2) is 4.57 Å². The predicted octanol–water partition coefficient (Wildman–Crippen LogP) is 4.26. The lowest BCUT2D eigenvalue weighted by Crippen LogP contribution is -2.03. The molecule has 0 bridgehead atoms. The van der Waals surface area contributed by atoms with Crippen LogP contribution in [0.25, 0.3) is 0 Å². The fourth-order valence-electron chi connectivity index (χ4n) is 0.587. The van der Waals surface area contributed by atoms with Crippen molar-refractivity contribution in [1.82, 2.24) is 0 Å². The van der Waals surface area contributed by atoms with Gasteiger partial charge in [-0.05, 0) is 5.92 Å². The van der Waals surface area contributed by atoms with Crippen molar-refractivity contribution in [2.75, 3.05) is 13.2 Å². The normalized spacial score (nSPS) is 14.3. The highest BCUT2D eigenvalue weighted by Gasteiger charge is 2.27. The van der Waals surface area contributed by atoms with Crippen molar-refractivity contribution >= 4 is 31.0 Å². The van der Waals surface area contributed by atoms with E-state index >= 15 is 0 Å². The molecule has 0 aromatic rings. The first-order valence-electron chi connectivity index (χ1n) is 4.59. The van der Waals surface area contributed by atoms with Crippen molar-refractivity contribution in [3.05, 3.63) is 23.4 Å². The molecule has 0 aliphatic carbocycles. The van der Waals surface area contributed by atoms with Gasteiger partial charge in [-0.3, -0.25) is 9.05 Å². The van der Waals surface area contributed by atoms with Crippen LogP contribution in [0.3, 0.4) is 0 Å².